The van der Waals surface area contributed by atoms with E-state index in [0.29, 0.717) is 12.4 Å². The standard InChI is InChI=1S/C13H10N2O4S2/c16-13-14-12-11(21-13)10-6(5-20-12)4-19-9-2-1-7(15(17)18)3-8(9)10/h1-3,6,10H,4-5H2,(H,14,16)/t6-,10-/m0/s1. The Morgan fingerprint density at radius 1 is 1.43 bits per heavy atom. The Balaban J connectivity index is 1.91. The minimum atomic E-state index is -0.401. The van der Waals surface area contributed by atoms with Crippen LogP contribution in [0.5, 0.6) is 5.75 Å². The lowest BCUT2D eigenvalue weighted by Gasteiger charge is -2.35. The highest BCUT2D eigenvalue weighted by Crippen LogP contribution is 2.50. The molecule has 2 aromatic rings. The molecule has 4 rings (SSSR count). The topological polar surface area (TPSA) is 85.2 Å². The number of rotatable bonds is 1. The number of nitro benzene ring substituents is 1. The largest absolute Gasteiger partial charge is 0.493 e. The van der Waals surface area contributed by atoms with Crippen molar-refractivity contribution in [3.05, 3.63) is 48.4 Å². The average molecular weight is 322 g/mol. The molecule has 2 atom stereocenters. The molecule has 0 saturated heterocycles. The Morgan fingerprint density at radius 2 is 2.29 bits per heavy atom. The van der Waals surface area contributed by atoms with Crippen LogP contribution in [0.1, 0.15) is 16.4 Å². The first-order valence-corrected chi connectivity index (χ1v) is 8.20. The highest BCUT2D eigenvalue weighted by molar-refractivity contribution is 7.99. The molecular formula is C13H10N2O4S2. The lowest BCUT2D eigenvalue weighted by atomic mass is 9.83. The molecule has 0 amide bonds. The number of benzene rings is 1. The quantitative estimate of drug-likeness (QED) is 0.644. The third-order valence-electron chi connectivity index (χ3n) is 3.83. The first-order valence-electron chi connectivity index (χ1n) is 6.40. The van der Waals surface area contributed by atoms with Gasteiger partial charge in [-0.2, -0.15) is 0 Å². The van der Waals surface area contributed by atoms with Crippen molar-refractivity contribution in [3.8, 4) is 5.75 Å². The third kappa shape index (κ3) is 1.97. The van der Waals surface area contributed by atoms with E-state index in [4.69, 9.17) is 4.74 Å². The van der Waals surface area contributed by atoms with Crippen molar-refractivity contribution in [2.45, 2.75) is 10.9 Å². The maximum atomic E-state index is 11.6. The fraction of sp³-hybridized carbons (Fsp3) is 0.308. The van der Waals surface area contributed by atoms with E-state index in [1.54, 1.807) is 23.9 Å². The number of thioether (sulfide) groups is 1. The van der Waals surface area contributed by atoms with Crippen LogP contribution in [0.4, 0.5) is 5.69 Å². The first kappa shape index (κ1) is 12.9. The van der Waals surface area contributed by atoms with Crippen LogP contribution < -0.4 is 9.61 Å². The number of fused-ring (bicyclic) bond motifs is 5. The lowest BCUT2D eigenvalue weighted by Crippen LogP contribution is -2.30. The van der Waals surface area contributed by atoms with Gasteiger partial charge in [0.05, 0.1) is 16.6 Å². The van der Waals surface area contributed by atoms with Gasteiger partial charge in [0.2, 0.25) is 0 Å². The fourth-order valence-corrected chi connectivity index (χ4v) is 5.31. The smallest absolute Gasteiger partial charge is 0.305 e. The number of nitrogens with zero attached hydrogens (tertiary/aromatic N) is 1. The number of hydrogen-bond acceptors (Lipinski definition) is 6. The van der Waals surface area contributed by atoms with Crippen molar-refractivity contribution >= 4 is 28.8 Å². The van der Waals surface area contributed by atoms with E-state index in [1.165, 1.54) is 17.4 Å². The number of nitro groups is 1. The van der Waals surface area contributed by atoms with Gasteiger partial charge in [0.1, 0.15) is 5.75 Å². The highest BCUT2D eigenvalue weighted by atomic mass is 32.2. The van der Waals surface area contributed by atoms with Gasteiger partial charge in [-0.1, -0.05) is 11.3 Å². The predicted octanol–water partition coefficient (Wildman–Crippen LogP) is 2.59. The Morgan fingerprint density at radius 3 is 3.10 bits per heavy atom. The molecule has 1 N–H and O–H groups in total. The van der Waals surface area contributed by atoms with Crippen molar-refractivity contribution in [3.63, 3.8) is 0 Å². The summed E-state index contributed by atoms with van der Waals surface area (Å²) in [6, 6.07) is 4.69. The molecule has 0 radical (unpaired) electrons. The van der Waals surface area contributed by atoms with Crippen LogP contribution in [-0.4, -0.2) is 22.3 Å². The van der Waals surface area contributed by atoms with E-state index in [1.807, 2.05) is 0 Å². The average Bonchev–Trinajstić information content (AvgIpc) is 2.86. The van der Waals surface area contributed by atoms with Gasteiger partial charge in [-0.3, -0.25) is 14.9 Å². The number of aromatic amines is 1. The molecule has 2 aliphatic heterocycles. The molecule has 8 heteroatoms. The molecule has 0 saturated carbocycles. The molecule has 1 aromatic heterocycles. The zero-order valence-electron chi connectivity index (χ0n) is 10.7. The normalized spacial score (nSPS) is 22.7. The lowest BCUT2D eigenvalue weighted by molar-refractivity contribution is -0.385. The third-order valence-corrected chi connectivity index (χ3v) is 6.13. The second-order valence-electron chi connectivity index (χ2n) is 5.05. The summed E-state index contributed by atoms with van der Waals surface area (Å²) >= 11 is 2.82. The monoisotopic (exact) mass is 322 g/mol. The maximum Gasteiger partial charge on any atom is 0.305 e. The summed E-state index contributed by atoms with van der Waals surface area (Å²) in [7, 11) is 0. The number of H-pyrrole nitrogens is 1. The van der Waals surface area contributed by atoms with Crippen molar-refractivity contribution in [1.82, 2.24) is 4.98 Å². The molecular weight excluding hydrogens is 312 g/mol. The van der Waals surface area contributed by atoms with Crippen molar-refractivity contribution in [1.29, 1.82) is 0 Å². The molecule has 1 aromatic carbocycles. The molecule has 108 valence electrons. The van der Waals surface area contributed by atoms with Crippen LogP contribution in [0.15, 0.2) is 28.0 Å². The molecule has 2 aliphatic rings. The Hall–Kier alpha value is -1.80. The second-order valence-corrected chi connectivity index (χ2v) is 7.09. The van der Waals surface area contributed by atoms with Crippen LogP contribution in [0.2, 0.25) is 0 Å². The summed E-state index contributed by atoms with van der Waals surface area (Å²) in [5.74, 6) is 1.77. The molecule has 0 bridgehead atoms. The van der Waals surface area contributed by atoms with Gasteiger partial charge < -0.3 is 9.72 Å². The number of aromatic nitrogens is 1. The van der Waals surface area contributed by atoms with Crippen molar-refractivity contribution in [2.24, 2.45) is 5.92 Å². The summed E-state index contributed by atoms with van der Waals surface area (Å²) in [6.45, 7) is 0.577. The van der Waals surface area contributed by atoms with Crippen molar-refractivity contribution < 1.29 is 9.66 Å². The zero-order valence-corrected chi connectivity index (χ0v) is 12.3. The van der Waals surface area contributed by atoms with Gasteiger partial charge in [-0.25, -0.2) is 0 Å². The molecule has 0 aliphatic carbocycles. The summed E-state index contributed by atoms with van der Waals surface area (Å²) in [5.41, 5.74) is 0.873. The van der Waals surface area contributed by atoms with Crippen LogP contribution >= 0.6 is 23.1 Å². The first-order chi connectivity index (χ1) is 10.1. The van der Waals surface area contributed by atoms with E-state index in [0.717, 1.165) is 21.2 Å². The minimum Gasteiger partial charge on any atom is -0.493 e. The molecule has 6 nitrogen and oxygen atoms in total. The van der Waals surface area contributed by atoms with Crippen LogP contribution in [0.3, 0.4) is 0 Å². The van der Waals surface area contributed by atoms with E-state index in [-0.39, 0.29) is 22.4 Å². The van der Waals surface area contributed by atoms with Gasteiger partial charge >= 0.3 is 4.87 Å². The number of nitrogens with one attached hydrogen (secondary N) is 1. The van der Waals surface area contributed by atoms with Gasteiger partial charge in [0.25, 0.3) is 5.69 Å². The number of hydrogen-bond donors (Lipinski definition) is 1. The Kier molecular flexibility index (Phi) is 2.83. The van der Waals surface area contributed by atoms with E-state index < -0.39 is 4.92 Å². The van der Waals surface area contributed by atoms with E-state index in [2.05, 4.69) is 4.98 Å². The zero-order chi connectivity index (χ0) is 14.6. The molecule has 21 heavy (non-hydrogen) atoms. The summed E-state index contributed by atoms with van der Waals surface area (Å²) in [6.07, 6.45) is 0. The minimum absolute atomic E-state index is 0.00819. The number of non-ortho nitro benzene ring substituents is 1. The van der Waals surface area contributed by atoms with Crippen LogP contribution in [0.25, 0.3) is 0 Å². The summed E-state index contributed by atoms with van der Waals surface area (Å²) < 4.78 is 5.73. The molecule has 0 fully saturated rings. The fourth-order valence-electron chi connectivity index (χ4n) is 2.90. The Bertz CT molecular complexity index is 798. The van der Waals surface area contributed by atoms with E-state index >= 15 is 0 Å². The number of thiazole rings is 1. The van der Waals surface area contributed by atoms with Crippen LogP contribution in [0, 0.1) is 16.0 Å². The summed E-state index contributed by atoms with van der Waals surface area (Å²) in [4.78, 5) is 26.0. The predicted molar refractivity (Wildman–Crippen MR) is 79.6 cm³/mol. The SMILES string of the molecule is O=c1[nH]c2c(s1)[C@@H]1c3cc([N+](=O)[O-])ccc3OC[C@H]1CS2. The molecule has 3 heterocycles. The van der Waals surface area contributed by atoms with Gasteiger partial charge in [-0.15, -0.1) is 11.8 Å². The molecule has 0 unspecified atom stereocenters. The van der Waals surface area contributed by atoms with Gasteiger partial charge in [0, 0.05) is 40.2 Å². The molecule has 0 spiro atoms. The highest BCUT2D eigenvalue weighted by Gasteiger charge is 2.39. The Labute approximate surface area is 127 Å². The second kappa shape index (κ2) is 4.60. The summed E-state index contributed by atoms with van der Waals surface area (Å²) in [5, 5.41) is 11.9. The van der Waals surface area contributed by atoms with E-state index in [9.17, 15) is 14.9 Å². The van der Waals surface area contributed by atoms with Gasteiger partial charge in [-0.05, 0) is 6.07 Å². The van der Waals surface area contributed by atoms with Crippen LogP contribution in [-0.2, 0) is 0 Å². The van der Waals surface area contributed by atoms with Gasteiger partial charge in [0.15, 0.2) is 0 Å². The van der Waals surface area contributed by atoms with Crippen molar-refractivity contribution in [2.75, 3.05) is 12.4 Å². The maximum absolute atomic E-state index is 11.6. The number of ether oxygens (including phenoxy) is 1.